The number of rotatable bonds is 8. The van der Waals surface area contributed by atoms with Gasteiger partial charge in [-0.15, -0.1) is 0 Å². The van der Waals surface area contributed by atoms with Gasteiger partial charge >= 0.3 is 0 Å². The van der Waals surface area contributed by atoms with E-state index in [4.69, 9.17) is 0 Å². The molecule has 1 heteroatoms. The summed E-state index contributed by atoms with van der Waals surface area (Å²) >= 11 is 0. The molecule has 0 aromatic carbocycles. The third kappa shape index (κ3) is 5.30. The minimum atomic E-state index is 0.930. The van der Waals surface area contributed by atoms with Crippen LogP contribution in [0, 0.1) is 23.7 Å². The lowest BCUT2D eigenvalue weighted by molar-refractivity contribution is 0.146. The van der Waals surface area contributed by atoms with Crippen LogP contribution >= 0.6 is 0 Å². The summed E-state index contributed by atoms with van der Waals surface area (Å²) in [6, 6.07) is 0. The summed E-state index contributed by atoms with van der Waals surface area (Å²) in [7, 11) is 0. The van der Waals surface area contributed by atoms with E-state index < -0.39 is 0 Å². The first-order chi connectivity index (χ1) is 8.71. The fourth-order valence-electron chi connectivity index (χ4n) is 3.81. The zero-order chi connectivity index (χ0) is 13.4. The Kier molecular flexibility index (Phi) is 7.97. The van der Waals surface area contributed by atoms with Crippen molar-refractivity contribution in [3.8, 4) is 0 Å². The fourth-order valence-corrected chi connectivity index (χ4v) is 3.81. The highest BCUT2D eigenvalue weighted by atomic mass is 14.8. The molecule has 0 amide bonds. The zero-order valence-corrected chi connectivity index (χ0v) is 13.2. The average Bonchev–Trinajstić information content (AvgIpc) is 2.37. The summed E-state index contributed by atoms with van der Waals surface area (Å²) in [5.41, 5.74) is 0. The molecule has 0 aliphatic heterocycles. The van der Waals surface area contributed by atoms with E-state index in [2.05, 4.69) is 33.0 Å². The summed E-state index contributed by atoms with van der Waals surface area (Å²) in [6.45, 7) is 11.8. The molecule has 0 aromatic heterocycles. The molecule has 0 radical (unpaired) electrons. The quantitative estimate of drug-likeness (QED) is 0.651. The van der Waals surface area contributed by atoms with Crippen molar-refractivity contribution in [3.05, 3.63) is 0 Å². The van der Waals surface area contributed by atoms with Gasteiger partial charge in [-0.3, -0.25) is 0 Å². The fraction of sp³-hybridized carbons (Fsp3) is 1.00. The van der Waals surface area contributed by atoms with Crippen LogP contribution in [0.5, 0.6) is 0 Å². The van der Waals surface area contributed by atoms with Gasteiger partial charge < -0.3 is 5.32 Å². The van der Waals surface area contributed by atoms with Crippen LogP contribution in [0.1, 0.15) is 72.6 Å². The zero-order valence-electron chi connectivity index (χ0n) is 13.2. The summed E-state index contributed by atoms with van der Waals surface area (Å²) < 4.78 is 0. The van der Waals surface area contributed by atoms with Gasteiger partial charge in [-0.25, -0.2) is 0 Å². The highest BCUT2D eigenvalue weighted by Gasteiger charge is 2.30. The molecule has 0 bridgehead atoms. The van der Waals surface area contributed by atoms with Crippen LogP contribution < -0.4 is 5.32 Å². The Morgan fingerprint density at radius 3 is 2.50 bits per heavy atom. The second kappa shape index (κ2) is 8.96. The van der Waals surface area contributed by atoms with Gasteiger partial charge in [0.1, 0.15) is 0 Å². The minimum Gasteiger partial charge on any atom is -0.317 e. The van der Waals surface area contributed by atoms with Gasteiger partial charge in [0.15, 0.2) is 0 Å². The molecule has 0 heterocycles. The average molecular weight is 253 g/mol. The molecule has 0 saturated heterocycles. The molecule has 4 unspecified atom stereocenters. The molecule has 108 valence electrons. The molecule has 1 fully saturated rings. The van der Waals surface area contributed by atoms with E-state index in [0.29, 0.717) is 0 Å². The highest BCUT2D eigenvalue weighted by Crippen LogP contribution is 2.39. The Bertz CT molecular complexity index is 202. The van der Waals surface area contributed by atoms with E-state index >= 15 is 0 Å². The smallest absolute Gasteiger partial charge is 0.00180 e. The summed E-state index contributed by atoms with van der Waals surface area (Å²) in [4.78, 5) is 0. The van der Waals surface area contributed by atoms with Crippen LogP contribution in [0.3, 0.4) is 0 Å². The third-order valence-corrected chi connectivity index (χ3v) is 4.97. The molecule has 1 N–H and O–H groups in total. The van der Waals surface area contributed by atoms with Crippen LogP contribution in [-0.2, 0) is 0 Å². The molecular weight excluding hydrogens is 218 g/mol. The molecule has 1 saturated carbocycles. The molecule has 0 aromatic rings. The van der Waals surface area contributed by atoms with Crippen LogP contribution in [0.4, 0.5) is 0 Å². The molecule has 1 aliphatic rings. The molecule has 1 nitrogen and oxygen atoms in total. The Morgan fingerprint density at radius 2 is 1.89 bits per heavy atom. The van der Waals surface area contributed by atoms with E-state index in [9.17, 15) is 0 Å². The van der Waals surface area contributed by atoms with Crippen molar-refractivity contribution < 1.29 is 0 Å². The van der Waals surface area contributed by atoms with Gasteiger partial charge in [0.05, 0.1) is 0 Å². The van der Waals surface area contributed by atoms with Gasteiger partial charge in [-0.05, 0) is 56.0 Å². The summed E-state index contributed by atoms with van der Waals surface area (Å²) in [6.07, 6.45) is 10.1. The predicted octanol–water partition coefficient (Wildman–Crippen LogP) is 4.86. The van der Waals surface area contributed by atoms with E-state index in [1.54, 1.807) is 0 Å². The maximum Gasteiger partial charge on any atom is -0.00180 e. The molecule has 1 rings (SSSR count). The predicted molar refractivity (Wildman–Crippen MR) is 81.8 cm³/mol. The monoisotopic (exact) mass is 253 g/mol. The van der Waals surface area contributed by atoms with Crippen molar-refractivity contribution in [2.75, 3.05) is 13.1 Å². The highest BCUT2D eigenvalue weighted by molar-refractivity contribution is 4.82. The van der Waals surface area contributed by atoms with Crippen molar-refractivity contribution in [2.24, 2.45) is 23.7 Å². The lowest BCUT2D eigenvalue weighted by Crippen LogP contribution is -2.34. The van der Waals surface area contributed by atoms with E-state index in [-0.39, 0.29) is 0 Å². The lowest BCUT2D eigenvalue weighted by Gasteiger charge is -2.37. The summed E-state index contributed by atoms with van der Waals surface area (Å²) in [5, 5.41) is 3.59. The Balaban J connectivity index is 2.47. The minimum absolute atomic E-state index is 0.930. The van der Waals surface area contributed by atoms with Crippen molar-refractivity contribution in [1.29, 1.82) is 0 Å². The molecule has 1 aliphatic carbocycles. The molecule has 18 heavy (non-hydrogen) atoms. The van der Waals surface area contributed by atoms with Gasteiger partial charge in [-0.1, -0.05) is 53.4 Å². The number of hydrogen-bond donors (Lipinski definition) is 1. The van der Waals surface area contributed by atoms with Crippen molar-refractivity contribution in [1.82, 2.24) is 5.32 Å². The first-order valence-electron chi connectivity index (χ1n) is 8.41. The molecular formula is C17H35N. The standard InChI is InChI=1S/C17H35N/c1-5-8-14(4)11-17-12-15(6-2)9-10-16(17)13-18-7-3/h14-18H,5-13H2,1-4H3. The lowest BCUT2D eigenvalue weighted by atomic mass is 9.70. The van der Waals surface area contributed by atoms with Crippen molar-refractivity contribution in [2.45, 2.75) is 72.6 Å². The van der Waals surface area contributed by atoms with E-state index in [1.165, 1.54) is 51.5 Å². The third-order valence-electron chi connectivity index (χ3n) is 4.97. The Labute approximate surface area is 115 Å². The van der Waals surface area contributed by atoms with Gasteiger partial charge in [-0.2, -0.15) is 0 Å². The van der Waals surface area contributed by atoms with Crippen molar-refractivity contribution in [3.63, 3.8) is 0 Å². The second-order valence-electron chi connectivity index (χ2n) is 6.54. The van der Waals surface area contributed by atoms with Crippen LogP contribution in [0.2, 0.25) is 0 Å². The summed E-state index contributed by atoms with van der Waals surface area (Å²) in [5.74, 6) is 3.89. The van der Waals surface area contributed by atoms with Gasteiger partial charge in [0, 0.05) is 0 Å². The van der Waals surface area contributed by atoms with Gasteiger partial charge in [0.2, 0.25) is 0 Å². The number of hydrogen-bond acceptors (Lipinski definition) is 1. The molecule has 0 spiro atoms. The van der Waals surface area contributed by atoms with Crippen LogP contribution in [0.25, 0.3) is 0 Å². The molecule has 4 atom stereocenters. The van der Waals surface area contributed by atoms with Crippen LogP contribution in [0.15, 0.2) is 0 Å². The maximum atomic E-state index is 3.59. The SMILES string of the molecule is CCCC(C)CC1CC(CC)CCC1CNCC. The van der Waals surface area contributed by atoms with Crippen LogP contribution in [-0.4, -0.2) is 13.1 Å². The van der Waals surface area contributed by atoms with Gasteiger partial charge in [0.25, 0.3) is 0 Å². The maximum absolute atomic E-state index is 3.59. The van der Waals surface area contributed by atoms with Crippen molar-refractivity contribution >= 4 is 0 Å². The first-order valence-corrected chi connectivity index (χ1v) is 8.41. The first kappa shape index (κ1) is 16.0. The van der Waals surface area contributed by atoms with E-state index in [0.717, 1.165) is 30.2 Å². The Morgan fingerprint density at radius 1 is 1.11 bits per heavy atom. The number of nitrogens with one attached hydrogen (secondary N) is 1. The normalized spacial score (nSPS) is 30.3. The van der Waals surface area contributed by atoms with E-state index in [1.807, 2.05) is 0 Å². The largest absolute Gasteiger partial charge is 0.317 e. The Hall–Kier alpha value is -0.0400. The second-order valence-corrected chi connectivity index (χ2v) is 6.54. The topological polar surface area (TPSA) is 12.0 Å².